The number of hydrogen-bond donors (Lipinski definition) is 2. The van der Waals surface area contributed by atoms with Crippen LogP contribution in [0.3, 0.4) is 0 Å². The molecule has 1 rings (SSSR count). The van der Waals surface area contributed by atoms with Gasteiger partial charge in [-0.05, 0) is 24.6 Å². The molecule has 1 aromatic carbocycles. The lowest BCUT2D eigenvalue weighted by Gasteiger charge is -2.09. The quantitative estimate of drug-likeness (QED) is 0.872. The summed E-state index contributed by atoms with van der Waals surface area (Å²) in [7, 11) is 0. The van der Waals surface area contributed by atoms with Crippen molar-refractivity contribution in [3.05, 3.63) is 33.8 Å². The van der Waals surface area contributed by atoms with Gasteiger partial charge in [-0.15, -0.1) is 0 Å². The van der Waals surface area contributed by atoms with Crippen LogP contribution < -0.4 is 5.32 Å². The van der Waals surface area contributed by atoms with E-state index < -0.39 is 6.10 Å². The summed E-state index contributed by atoms with van der Waals surface area (Å²) in [5.74, 6) is -0.212. The van der Waals surface area contributed by atoms with Crippen molar-refractivity contribution in [3.63, 3.8) is 0 Å². The summed E-state index contributed by atoms with van der Waals surface area (Å²) in [5, 5.41) is 12.5. The van der Waals surface area contributed by atoms with E-state index in [1.54, 1.807) is 25.1 Å². The molecular weight excluding hydrogens is 249 g/mol. The van der Waals surface area contributed by atoms with Crippen molar-refractivity contribution in [2.45, 2.75) is 19.4 Å². The number of aliphatic hydroxyl groups is 1. The SMILES string of the molecule is C[C@@H](O)CNC(=O)Cc1c(Cl)cccc1Cl. The number of hydrogen-bond acceptors (Lipinski definition) is 2. The molecule has 0 aliphatic carbocycles. The smallest absolute Gasteiger partial charge is 0.224 e. The van der Waals surface area contributed by atoms with Gasteiger partial charge in [-0.2, -0.15) is 0 Å². The number of carbonyl (C=O) groups excluding carboxylic acids is 1. The van der Waals surface area contributed by atoms with Crippen LogP contribution in [0, 0.1) is 0 Å². The summed E-state index contributed by atoms with van der Waals surface area (Å²) >= 11 is 11.8. The highest BCUT2D eigenvalue weighted by molar-refractivity contribution is 6.36. The highest BCUT2D eigenvalue weighted by Gasteiger charge is 2.10. The van der Waals surface area contributed by atoms with Crippen molar-refractivity contribution in [1.29, 1.82) is 0 Å². The molecule has 1 amide bonds. The molecule has 0 aliphatic heterocycles. The number of carbonyl (C=O) groups is 1. The Balaban J connectivity index is 2.63. The van der Waals surface area contributed by atoms with E-state index in [4.69, 9.17) is 28.3 Å². The average Bonchev–Trinajstić information content (AvgIpc) is 2.21. The third kappa shape index (κ3) is 4.00. The fourth-order valence-corrected chi connectivity index (χ4v) is 1.72. The van der Waals surface area contributed by atoms with Crippen LogP contribution in [0.25, 0.3) is 0 Å². The first-order valence-corrected chi connectivity index (χ1v) is 5.64. The Bertz CT molecular complexity index is 360. The second kappa shape index (κ2) is 6.09. The lowest BCUT2D eigenvalue weighted by Crippen LogP contribution is -2.31. The molecule has 0 saturated carbocycles. The molecule has 0 saturated heterocycles. The maximum Gasteiger partial charge on any atom is 0.224 e. The van der Waals surface area contributed by atoms with E-state index in [0.717, 1.165) is 0 Å². The highest BCUT2D eigenvalue weighted by Crippen LogP contribution is 2.24. The zero-order valence-electron chi connectivity index (χ0n) is 8.84. The van der Waals surface area contributed by atoms with E-state index in [-0.39, 0.29) is 18.9 Å². The van der Waals surface area contributed by atoms with Crippen molar-refractivity contribution in [2.75, 3.05) is 6.54 Å². The summed E-state index contributed by atoms with van der Waals surface area (Å²) in [6, 6.07) is 5.09. The molecule has 0 heterocycles. The minimum Gasteiger partial charge on any atom is -0.392 e. The molecule has 1 atom stereocenters. The molecule has 5 heteroatoms. The molecule has 2 N–H and O–H groups in total. The van der Waals surface area contributed by atoms with Gasteiger partial charge >= 0.3 is 0 Å². The standard InChI is InChI=1S/C11H13Cl2NO2/c1-7(15)6-14-11(16)5-8-9(12)3-2-4-10(8)13/h2-4,7,15H,5-6H2,1H3,(H,14,16)/t7-/m1/s1. The Morgan fingerprint density at radius 3 is 2.50 bits per heavy atom. The molecule has 0 radical (unpaired) electrons. The largest absolute Gasteiger partial charge is 0.392 e. The van der Waals surface area contributed by atoms with Gasteiger partial charge in [0.2, 0.25) is 5.91 Å². The molecule has 3 nitrogen and oxygen atoms in total. The number of amides is 1. The molecule has 88 valence electrons. The van der Waals surface area contributed by atoms with E-state index in [2.05, 4.69) is 5.32 Å². The summed E-state index contributed by atoms with van der Waals surface area (Å²) in [6.07, 6.45) is -0.448. The molecule has 0 unspecified atom stereocenters. The van der Waals surface area contributed by atoms with E-state index in [0.29, 0.717) is 15.6 Å². The van der Waals surface area contributed by atoms with E-state index in [9.17, 15) is 4.79 Å². The lowest BCUT2D eigenvalue weighted by atomic mass is 10.1. The first-order chi connectivity index (χ1) is 7.50. The van der Waals surface area contributed by atoms with Gasteiger partial charge in [-0.25, -0.2) is 0 Å². The minimum absolute atomic E-state index is 0.116. The van der Waals surface area contributed by atoms with Gasteiger partial charge in [0.05, 0.1) is 12.5 Å². The normalized spacial score (nSPS) is 12.2. The van der Waals surface area contributed by atoms with Crippen molar-refractivity contribution in [2.24, 2.45) is 0 Å². The topological polar surface area (TPSA) is 49.3 Å². The van der Waals surface area contributed by atoms with Crippen molar-refractivity contribution in [1.82, 2.24) is 5.32 Å². The van der Waals surface area contributed by atoms with Crippen LogP contribution in [-0.2, 0) is 11.2 Å². The number of benzene rings is 1. The van der Waals surface area contributed by atoms with Crippen LogP contribution in [-0.4, -0.2) is 23.7 Å². The predicted molar refractivity (Wildman–Crippen MR) is 64.9 cm³/mol. The number of halogens is 2. The Morgan fingerprint density at radius 2 is 2.00 bits per heavy atom. The van der Waals surface area contributed by atoms with Crippen molar-refractivity contribution < 1.29 is 9.90 Å². The molecule has 0 spiro atoms. The number of rotatable bonds is 4. The molecule has 0 aliphatic rings. The average molecular weight is 262 g/mol. The van der Waals surface area contributed by atoms with Crippen LogP contribution in [0.5, 0.6) is 0 Å². The van der Waals surface area contributed by atoms with Crippen LogP contribution in [0.15, 0.2) is 18.2 Å². The van der Waals surface area contributed by atoms with Gasteiger partial charge in [-0.1, -0.05) is 29.3 Å². The monoisotopic (exact) mass is 261 g/mol. The highest BCUT2D eigenvalue weighted by atomic mass is 35.5. The Morgan fingerprint density at radius 1 is 1.44 bits per heavy atom. The molecule has 0 aromatic heterocycles. The second-order valence-electron chi connectivity index (χ2n) is 3.53. The summed E-state index contributed by atoms with van der Waals surface area (Å²) in [4.78, 5) is 11.5. The third-order valence-corrected chi connectivity index (χ3v) is 2.70. The number of aliphatic hydroxyl groups excluding tert-OH is 1. The molecule has 0 fully saturated rings. The Kier molecular flexibility index (Phi) is 5.06. The van der Waals surface area contributed by atoms with Gasteiger partial charge in [-0.3, -0.25) is 4.79 Å². The van der Waals surface area contributed by atoms with Crippen LogP contribution >= 0.6 is 23.2 Å². The van der Waals surface area contributed by atoms with Gasteiger partial charge < -0.3 is 10.4 Å². The van der Waals surface area contributed by atoms with E-state index in [1.165, 1.54) is 0 Å². The first kappa shape index (κ1) is 13.3. The molecule has 0 bridgehead atoms. The van der Waals surface area contributed by atoms with Crippen LogP contribution in [0.2, 0.25) is 10.0 Å². The first-order valence-electron chi connectivity index (χ1n) is 4.88. The lowest BCUT2D eigenvalue weighted by molar-refractivity contribution is -0.120. The van der Waals surface area contributed by atoms with Gasteiger partial charge in [0.25, 0.3) is 0 Å². The fourth-order valence-electron chi connectivity index (χ4n) is 1.19. The molecule has 16 heavy (non-hydrogen) atoms. The van der Waals surface area contributed by atoms with Crippen molar-refractivity contribution in [3.8, 4) is 0 Å². The Hall–Kier alpha value is -0.770. The van der Waals surface area contributed by atoms with Crippen LogP contribution in [0.4, 0.5) is 0 Å². The maximum atomic E-state index is 11.5. The Labute approximate surface area is 104 Å². The van der Waals surface area contributed by atoms with E-state index >= 15 is 0 Å². The maximum absolute atomic E-state index is 11.5. The third-order valence-electron chi connectivity index (χ3n) is 1.99. The molecule has 1 aromatic rings. The summed E-state index contributed by atoms with van der Waals surface area (Å²) in [5.41, 5.74) is 0.605. The minimum atomic E-state index is -0.564. The summed E-state index contributed by atoms with van der Waals surface area (Å²) in [6.45, 7) is 1.82. The van der Waals surface area contributed by atoms with E-state index in [1.807, 2.05) is 0 Å². The van der Waals surface area contributed by atoms with Crippen molar-refractivity contribution >= 4 is 29.1 Å². The van der Waals surface area contributed by atoms with Gasteiger partial charge in [0, 0.05) is 16.6 Å². The zero-order chi connectivity index (χ0) is 12.1. The van der Waals surface area contributed by atoms with Gasteiger partial charge in [0.15, 0.2) is 0 Å². The second-order valence-corrected chi connectivity index (χ2v) is 4.34. The fraction of sp³-hybridized carbons (Fsp3) is 0.364. The van der Waals surface area contributed by atoms with Gasteiger partial charge in [0.1, 0.15) is 0 Å². The zero-order valence-corrected chi connectivity index (χ0v) is 10.3. The predicted octanol–water partition coefficient (Wildman–Crippen LogP) is 2.03. The van der Waals surface area contributed by atoms with Crippen LogP contribution in [0.1, 0.15) is 12.5 Å². The summed E-state index contributed by atoms with van der Waals surface area (Å²) < 4.78 is 0. The number of nitrogens with one attached hydrogen (secondary N) is 1. The molecular formula is C11H13Cl2NO2.